The molecule has 1 aromatic carbocycles. The maximum absolute atomic E-state index is 14.8. The number of aliphatic imine (C=N–C) groups is 1. The summed E-state index contributed by atoms with van der Waals surface area (Å²) in [6, 6.07) is 4.11. The summed E-state index contributed by atoms with van der Waals surface area (Å²) >= 11 is 0. The van der Waals surface area contributed by atoms with Crippen molar-refractivity contribution in [3.63, 3.8) is 0 Å². The van der Waals surface area contributed by atoms with Crippen LogP contribution in [0.25, 0.3) is 11.0 Å². The fraction of sp³-hybridized carbons (Fsp3) is 0.333. The first kappa shape index (κ1) is 21.4. The number of ether oxygens (including phenoxy) is 1. The molecule has 0 radical (unpaired) electrons. The topological polar surface area (TPSA) is 86.3 Å². The molecule has 0 unspecified atom stereocenters. The summed E-state index contributed by atoms with van der Waals surface area (Å²) in [5.41, 5.74) is 2.88. The van der Waals surface area contributed by atoms with E-state index in [1.165, 1.54) is 12.1 Å². The van der Waals surface area contributed by atoms with Gasteiger partial charge >= 0.3 is 6.18 Å². The van der Waals surface area contributed by atoms with Crippen molar-refractivity contribution in [1.82, 2.24) is 15.0 Å². The number of rotatable bonds is 4. The minimum absolute atomic E-state index is 0.00618. The molecule has 1 saturated carbocycles. The van der Waals surface area contributed by atoms with E-state index in [0.717, 1.165) is 18.5 Å². The van der Waals surface area contributed by atoms with Gasteiger partial charge in [-0.3, -0.25) is 4.98 Å². The quantitative estimate of drug-likeness (QED) is 0.587. The monoisotopic (exact) mass is 467 g/mol. The van der Waals surface area contributed by atoms with Crippen LogP contribution >= 0.6 is 0 Å². The molecule has 12 heteroatoms. The second kappa shape index (κ2) is 7.29. The van der Waals surface area contributed by atoms with Gasteiger partial charge in [0.05, 0.1) is 16.8 Å². The molecule has 3 heterocycles. The Morgan fingerprint density at radius 2 is 1.94 bits per heavy atom. The summed E-state index contributed by atoms with van der Waals surface area (Å²) in [5, 5.41) is 0. The largest absolute Gasteiger partial charge is 0.462 e. The van der Waals surface area contributed by atoms with Gasteiger partial charge in [0.15, 0.2) is 5.54 Å². The Labute approximate surface area is 182 Å². The average molecular weight is 467 g/mol. The lowest BCUT2D eigenvalue weighted by atomic mass is 9.83. The molecular weight excluding hydrogens is 452 g/mol. The average Bonchev–Trinajstić information content (AvgIpc) is 3.53. The van der Waals surface area contributed by atoms with Crippen LogP contribution in [0.3, 0.4) is 0 Å². The molecule has 3 aromatic rings. The molecule has 5 rings (SSSR count). The zero-order valence-corrected chi connectivity index (χ0v) is 16.7. The van der Waals surface area contributed by atoms with Gasteiger partial charge in [-0.2, -0.15) is 13.2 Å². The summed E-state index contributed by atoms with van der Waals surface area (Å²) in [4.78, 5) is 15.6. The van der Waals surface area contributed by atoms with Gasteiger partial charge in [-0.1, -0.05) is 6.07 Å². The number of amidine groups is 1. The lowest BCUT2D eigenvalue weighted by Gasteiger charge is -2.33. The lowest BCUT2D eigenvalue weighted by molar-refractivity contribution is -0.137. The van der Waals surface area contributed by atoms with Crippen LogP contribution in [0, 0.1) is 11.7 Å². The molecule has 0 amide bonds. The smallest absolute Gasteiger partial charge is 0.417 e. The van der Waals surface area contributed by atoms with Crippen LogP contribution in [0.2, 0.25) is 0 Å². The summed E-state index contributed by atoms with van der Waals surface area (Å²) in [5.74, 6) is -1.60. The molecular formula is C21H15F6N5O. The number of pyridine rings is 1. The Hall–Kier alpha value is -3.44. The van der Waals surface area contributed by atoms with Crippen molar-refractivity contribution in [2.75, 3.05) is 0 Å². The summed E-state index contributed by atoms with van der Waals surface area (Å²) < 4.78 is 87.5. The fourth-order valence-corrected chi connectivity index (χ4v) is 4.26. The van der Waals surface area contributed by atoms with Crippen molar-refractivity contribution in [3.05, 3.63) is 65.0 Å². The molecule has 1 aliphatic carbocycles. The molecule has 2 aliphatic rings. The highest BCUT2D eigenvalue weighted by molar-refractivity contribution is 5.77. The first-order valence-electron chi connectivity index (χ1n) is 9.85. The highest BCUT2D eigenvalue weighted by atomic mass is 19.4. The van der Waals surface area contributed by atoms with E-state index in [4.69, 9.17) is 10.5 Å². The van der Waals surface area contributed by atoms with E-state index in [2.05, 4.69) is 19.9 Å². The number of hydrogen-bond acceptors (Lipinski definition) is 6. The second-order valence-electron chi connectivity index (χ2n) is 7.98. The number of benzene rings is 1. The highest BCUT2D eigenvalue weighted by Crippen LogP contribution is 2.56. The predicted molar refractivity (Wildman–Crippen MR) is 104 cm³/mol. The van der Waals surface area contributed by atoms with Crippen LogP contribution in [-0.2, 0) is 22.9 Å². The van der Waals surface area contributed by atoms with E-state index >= 15 is 0 Å². The number of nitrogens with zero attached hydrogens (tertiary/aromatic N) is 4. The number of halogens is 6. The van der Waals surface area contributed by atoms with Crippen LogP contribution in [0.15, 0.2) is 41.8 Å². The molecule has 172 valence electrons. The third kappa shape index (κ3) is 3.53. The van der Waals surface area contributed by atoms with E-state index in [-0.39, 0.29) is 35.1 Å². The van der Waals surface area contributed by atoms with Gasteiger partial charge in [0, 0.05) is 24.1 Å². The number of fused-ring (bicyclic) bond motifs is 2. The Morgan fingerprint density at radius 3 is 2.67 bits per heavy atom. The van der Waals surface area contributed by atoms with Gasteiger partial charge in [0.2, 0.25) is 0 Å². The Bertz CT molecular complexity index is 1280. The lowest BCUT2D eigenvalue weighted by Crippen LogP contribution is -2.43. The maximum atomic E-state index is 14.8. The summed E-state index contributed by atoms with van der Waals surface area (Å²) in [6.07, 6.45) is -6.17. The molecule has 3 atom stereocenters. The van der Waals surface area contributed by atoms with Crippen LogP contribution in [0.1, 0.15) is 28.8 Å². The molecule has 0 saturated heterocycles. The molecule has 2 aromatic heterocycles. The Balaban J connectivity index is 1.56. The van der Waals surface area contributed by atoms with Gasteiger partial charge in [0.1, 0.15) is 23.8 Å². The first-order valence-corrected chi connectivity index (χ1v) is 9.85. The van der Waals surface area contributed by atoms with Crippen LogP contribution in [0.4, 0.5) is 26.3 Å². The van der Waals surface area contributed by atoms with Crippen LogP contribution in [0.5, 0.6) is 0 Å². The molecule has 6 nitrogen and oxygen atoms in total. The second-order valence-corrected chi connectivity index (χ2v) is 7.98. The van der Waals surface area contributed by atoms with E-state index in [1.807, 2.05) is 0 Å². The van der Waals surface area contributed by atoms with Crippen LogP contribution < -0.4 is 5.73 Å². The number of aromatic nitrogens is 3. The standard InChI is InChI=1S/C21H15F6N5O/c22-13-2-1-9(3-11(13)20(18(23)24)12-6-16(12)33-19(28)32-20)4-14-17-15(31-8-30-14)5-10(7-29-17)21(25,26)27/h1-3,5,7-8,12,16,18H,4,6H2,(H2,28,32)/t12-,16+,20+/m0/s1. The van der Waals surface area contributed by atoms with Crippen molar-refractivity contribution in [1.29, 1.82) is 0 Å². The Kier molecular flexibility index (Phi) is 4.73. The third-order valence-corrected chi connectivity index (χ3v) is 5.91. The summed E-state index contributed by atoms with van der Waals surface area (Å²) in [6.45, 7) is 0. The van der Waals surface area contributed by atoms with Gasteiger partial charge in [-0.25, -0.2) is 28.1 Å². The minimum Gasteiger partial charge on any atom is -0.462 e. The van der Waals surface area contributed by atoms with Crippen molar-refractivity contribution >= 4 is 17.1 Å². The van der Waals surface area contributed by atoms with Gasteiger partial charge in [-0.15, -0.1) is 0 Å². The van der Waals surface area contributed by atoms with Gasteiger partial charge in [-0.05, 0) is 30.2 Å². The molecule has 1 aliphatic heterocycles. The summed E-state index contributed by atoms with van der Waals surface area (Å²) in [7, 11) is 0. The normalized spacial score (nSPS) is 24.4. The van der Waals surface area contributed by atoms with Crippen molar-refractivity contribution in [2.45, 2.75) is 37.1 Å². The van der Waals surface area contributed by atoms with Crippen molar-refractivity contribution < 1.29 is 31.1 Å². The molecule has 33 heavy (non-hydrogen) atoms. The zero-order valence-electron chi connectivity index (χ0n) is 16.7. The number of hydrogen-bond donors (Lipinski definition) is 1. The zero-order chi connectivity index (χ0) is 23.5. The van der Waals surface area contributed by atoms with Crippen molar-refractivity contribution in [2.24, 2.45) is 16.6 Å². The van der Waals surface area contributed by atoms with E-state index in [1.54, 1.807) is 0 Å². The maximum Gasteiger partial charge on any atom is 0.417 e. The van der Waals surface area contributed by atoms with E-state index < -0.39 is 47.6 Å². The SMILES string of the molecule is NC1=N[C@@](c2cc(Cc3ncnc4cc(C(F)(F)F)cnc34)ccc2F)(C(F)F)[C@H]2C[C@H]2O1. The molecule has 0 bridgehead atoms. The Morgan fingerprint density at radius 1 is 1.15 bits per heavy atom. The molecule has 1 fully saturated rings. The fourth-order valence-electron chi connectivity index (χ4n) is 4.26. The van der Waals surface area contributed by atoms with Crippen LogP contribution in [-0.4, -0.2) is 33.5 Å². The first-order chi connectivity index (χ1) is 15.6. The van der Waals surface area contributed by atoms with E-state index in [0.29, 0.717) is 11.8 Å². The number of alkyl halides is 5. The highest BCUT2D eigenvalue weighted by Gasteiger charge is 2.64. The molecule has 0 spiro atoms. The van der Waals surface area contributed by atoms with Gasteiger partial charge in [0.25, 0.3) is 12.4 Å². The van der Waals surface area contributed by atoms with E-state index in [9.17, 15) is 26.3 Å². The molecule has 2 N–H and O–H groups in total. The predicted octanol–water partition coefficient (Wildman–Crippen LogP) is 3.97. The third-order valence-electron chi connectivity index (χ3n) is 5.91. The van der Waals surface area contributed by atoms with Gasteiger partial charge < -0.3 is 10.5 Å². The minimum atomic E-state index is -4.59. The van der Waals surface area contributed by atoms with Crippen molar-refractivity contribution in [3.8, 4) is 0 Å². The number of nitrogens with two attached hydrogens (primary N) is 1.